The molecule has 0 bridgehead atoms. The zero-order valence-corrected chi connectivity index (χ0v) is 9.17. The highest BCUT2D eigenvalue weighted by Gasteiger charge is 2.43. The normalized spacial score (nSPS) is 31.6. The van der Waals surface area contributed by atoms with Crippen LogP contribution in [0, 0.1) is 0 Å². The number of anilines is 1. The van der Waals surface area contributed by atoms with Crippen molar-refractivity contribution in [2.45, 2.75) is 24.5 Å². The molecule has 0 saturated carbocycles. The van der Waals surface area contributed by atoms with Gasteiger partial charge in [0.15, 0.2) is 12.0 Å². The van der Waals surface area contributed by atoms with Gasteiger partial charge in [0.2, 0.25) is 0 Å². The van der Waals surface area contributed by atoms with Crippen LogP contribution in [0.15, 0.2) is 17.1 Å². The molecule has 1 aliphatic heterocycles. The smallest absolute Gasteiger partial charge is 0.351 e. The molecule has 0 spiro atoms. The molecule has 4 atom stereocenters. The van der Waals surface area contributed by atoms with E-state index in [9.17, 15) is 15.0 Å². The highest BCUT2D eigenvalue weighted by Crippen LogP contribution is 2.27. The van der Waals surface area contributed by atoms with E-state index in [1.807, 2.05) is 0 Å². The molecule has 18 heavy (non-hydrogen) atoms. The summed E-state index contributed by atoms with van der Waals surface area (Å²) in [4.78, 5) is 15.1. The molecule has 0 aliphatic carbocycles. The average Bonchev–Trinajstić information content (AvgIpc) is 2.66. The van der Waals surface area contributed by atoms with E-state index in [0.717, 1.165) is 4.57 Å². The molecule has 1 aromatic heterocycles. The predicted octanol–water partition coefficient (Wildman–Crippen LogP) is -2.34. The van der Waals surface area contributed by atoms with Crippen molar-refractivity contribution < 1.29 is 25.3 Å². The average molecular weight is 259 g/mol. The third-order valence-electron chi connectivity index (χ3n) is 2.74. The molecule has 2 heterocycles. The summed E-state index contributed by atoms with van der Waals surface area (Å²) in [6, 6.07) is 1.29. The standard InChI is InChI=1S/C9H13N3O6/c13-3-4-6(14)7(15)8(18-4)12-2-1-5(11-17)10-9(12)16/h1-2,4,6-8,13-15,17H,3H2,(H,10,11,16)/t4-,6?,7?,8-/m0/s1. The number of aliphatic hydroxyl groups is 3. The number of aromatic nitrogens is 2. The van der Waals surface area contributed by atoms with Gasteiger partial charge in [-0.15, -0.1) is 0 Å². The van der Waals surface area contributed by atoms with Crippen LogP contribution in [-0.2, 0) is 4.74 Å². The summed E-state index contributed by atoms with van der Waals surface area (Å²) in [5, 5.41) is 36.8. The highest BCUT2D eigenvalue weighted by molar-refractivity contribution is 5.28. The summed E-state index contributed by atoms with van der Waals surface area (Å²) < 4.78 is 6.13. The first-order chi connectivity index (χ1) is 8.58. The van der Waals surface area contributed by atoms with Crippen molar-refractivity contribution in [3.8, 4) is 0 Å². The van der Waals surface area contributed by atoms with Crippen LogP contribution in [0.25, 0.3) is 0 Å². The Labute approximate surface area is 101 Å². The molecule has 1 saturated heterocycles. The van der Waals surface area contributed by atoms with Crippen molar-refractivity contribution in [2.75, 3.05) is 12.1 Å². The summed E-state index contributed by atoms with van der Waals surface area (Å²) in [7, 11) is 0. The fourth-order valence-electron chi connectivity index (χ4n) is 1.78. The molecule has 1 fully saturated rings. The second-order valence-corrected chi connectivity index (χ2v) is 3.84. The van der Waals surface area contributed by atoms with E-state index in [1.54, 1.807) is 5.48 Å². The van der Waals surface area contributed by atoms with Crippen LogP contribution in [0.2, 0.25) is 0 Å². The molecule has 0 aromatic carbocycles. The molecule has 100 valence electrons. The van der Waals surface area contributed by atoms with E-state index < -0.39 is 36.8 Å². The Morgan fingerprint density at radius 2 is 2.17 bits per heavy atom. The van der Waals surface area contributed by atoms with Crippen LogP contribution < -0.4 is 11.2 Å². The predicted molar refractivity (Wildman–Crippen MR) is 56.9 cm³/mol. The van der Waals surface area contributed by atoms with Gasteiger partial charge in [0.25, 0.3) is 0 Å². The maximum Gasteiger partial charge on any atom is 0.351 e. The maximum atomic E-state index is 11.6. The Morgan fingerprint density at radius 3 is 2.67 bits per heavy atom. The van der Waals surface area contributed by atoms with E-state index in [2.05, 4.69) is 4.98 Å². The van der Waals surface area contributed by atoms with Gasteiger partial charge in [-0.3, -0.25) is 15.3 Å². The Morgan fingerprint density at radius 1 is 1.44 bits per heavy atom. The molecular formula is C9H13N3O6. The number of aliphatic hydroxyl groups excluding tert-OH is 3. The number of hydrogen-bond donors (Lipinski definition) is 5. The zero-order chi connectivity index (χ0) is 13.3. The van der Waals surface area contributed by atoms with Gasteiger partial charge in [0, 0.05) is 6.20 Å². The van der Waals surface area contributed by atoms with Crippen molar-refractivity contribution in [1.82, 2.24) is 9.55 Å². The monoisotopic (exact) mass is 259 g/mol. The van der Waals surface area contributed by atoms with Crippen molar-refractivity contribution in [3.63, 3.8) is 0 Å². The van der Waals surface area contributed by atoms with Crippen LogP contribution in [0.1, 0.15) is 6.23 Å². The van der Waals surface area contributed by atoms with Crippen LogP contribution in [0.5, 0.6) is 0 Å². The van der Waals surface area contributed by atoms with Gasteiger partial charge in [-0.05, 0) is 6.07 Å². The largest absolute Gasteiger partial charge is 0.394 e. The number of ether oxygens (including phenoxy) is 1. The topological polar surface area (TPSA) is 137 Å². The summed E-state index contributed by atoms with van der Waals surface area (Å²) in [5.74, 6) is -0.0528. The van der Waals surface area contributed by atoms with Gasteiger partial charge in [0.05, 0.1) is 6.61 Å². The molecule has 9 nitrogen and oxygen atoms in total. The number of nitrogens with zero attached hydrogens (tertiary/aromatic N) is 2. The first kappa shape index (κ1) is 12.9. The third-order valence-corrected chi connectivity index (χ3v) is 2.74. The molecule has 1 aliphatic rings. The maximum absolute atomic E-state index is 11.6. The molecule has 0 amide bonds. The number of nitrogens with one attached hydrogen (secondary N) is 1. The van der Waals surface area contributed by atoms with Crippen molar-refractivity contribution in [2.24, 2.45) is 0 Å². The van der Waals surface area contributed by atoms with Gasteiger partial charge < -0.3 is 20.1 Å². The summed E-state index contributed by atoms with van der Waals surface area (Å²) in [6.07, 6.45) is -3.50. The first-order valence-corrected chi connectivity index (χ1v) is 5.20. The Bertz CT molecular complexity index is 478. The number of hydrogen-bond acceptors (Lipinski definition) is 8. The fraction of sp³-hybridized carbons (Fsp3) is 0.556. The van der Waals surface area contributed by atoms with Gasteiger partial charge in [0.1, 0.15) is 18.3 Å². The Kier molecular flexibility index (Phi) is 3.59. The molecule has 2 rings (SSSR count). The fourth-order valence-corrected chi connectivity index (χ4v) is 1.78. The summed E-state index contributed by atoms with van der Waals surface area (Å²) in [5.41, 5.74) is 0.934. The molecular weight excluding hydrogens is 246 g/mol. The highest BCUT2D eigenvalue weighted by atomic mass is 16.6. The lowest BCUT2D eigenvalue weighted by molar-refractivity contribution is -0.0549. The number of rotatable bonds is 3. The van der Waals surface area contributed by atoms with Crippen molar-refractivity contribution >= 4 is 5.82 Å². The van der Waals surface area contributed by atoms with Crippen LogP contribution in [0.4, 0.5) is 5.82 Å². The SMILES string of the molecule is O=c1nc(NO)ccn1[C@H]1O[C@@H](CO)C(O)C1O. The summed E-state index contributed by atoms with van der Waals surface area (Å²) in [6.45, 7) is -0.479. The quantitative estimate of drug-likeness (QED) is 0.381. The lowest BCUT2D eigenvalue weighted by atomic mass is 10.1. The van der Waals surface area contributed by atoms with E-state index in [0.29, 0.717) is 0 Å². The second kappa shape index (κ2) is 5.00. The van der Waals surface area contributed by atoms with Gasteiger partial charge >= 0.3 is 5.69 Å². The summed E-state index contributed by atoms with van der Waals surface area (Å²) >= 11 is 0. The first-order valence-electron chi connectivity index (χ1n) is 5.20. The van der Waals surface area contributed by atoms with E-state index in [-0.39, 0.29) is 5.82 Å². The molecule has 0 radical (unpaired) electrons. The minimum atomic E-state index is -1.35. The van der Waals surface area contributed by atoms with E-state index in [4.69, 9.17) is 15.1 Å². The van der Waals surface area contributed by atoms with Crippen LogP contribution in [0.3, 0.4) is 0 Å². The van der Waals surface area contributed by atoms with E-state index in [1.165, 1.54) is 12.3 Å². The van der Waals surface area contributed by atoms with Gasteiger partial charge in [-0.1, -0.05) is 0 Å². The van der Waals surface area contributed by atoms with Crippen molar-refractivity contribution in [1.29, 1.82) is 0 Å². The van der Waals surface area contributed by atoms with Crippen LogP contribution in [-0.4, -0.2) is 55.0 Å². The lowest BCUT2D eigenvalue weighted by Gasteiger charge is -2.16. The molecule has 2 unspecified atom stereocenters. The minimum Gasteiger partial charge on any atom is -0.394 e. The van der Waals surface area contributed by atoms with Crippen molar-refractivity contribution in [3.05, 3.63) is 22.7 Å². The Hall–Kier alpha value is -1.52. The molecule has 9 heteroatoms. The second-order valence-electron chi connectivity index (χ2n) is 3.84. The molecule has 5 N–H and O–H groups in total. The minimum absolute atomic E-state index is 0.0528. The molecule has 1 aromatic rings. The Balaban J connectivity index is 2.30. The van der Waals surface area contributed by atoms with E-state index >= 15 is 0 Å². The zero-order valence-electron chi connectivity index (χ0n) is 9.17. The van der Waals surface area contributed by atoms with Gasteiger partial charge in [-0.2, -0.15) is 4.98 Å². The van der Waals surface area contributed by atoms with Crippen LogP contribution >= 0.6 is 0 Å². The third kappa shape index (κ3) is 2.09. The lowest BCUT2D eigenvalue weighted by Crippen LogP contribution is -2.36. The van der Waals surface area contributed by atoms with Gasteiger partial charge in [-0.25, -0.2) is 4.79 Å².